The second-order valence-electron chi connectivity index (χ2n) is 2.48. The molecule has 0 aromatic carbocycles. The third-order valence-corrected chi connectivity index (χ3v) is 1.96. The molecule has 11 heavy (non-hydrogen) atoms. The van der Waals surface area contributed by atoms with Crippen molar-refractivity contribution in [3.63, 3.8) is 0 Å². The number of piperidine rings is 1. The number of hydrogen-bond donors (Lipinski definition) is 2. The molecule has 4 heteroatoms. The highest BCUT2D eigenvalue weighted by Gasteiger charge is 2.24. The lowest BCUT2D eigenvalue weighted by Crippen LogP contribution is -2.32. The topological polar surface area (TPSA) is 49.3 Å². The largest absolute Gasteiger partial charge is 0.481 e. The SMILES string of the molecule is O=C(O)C1CCCNC1=C=S. The number of carboxylic acid groups (broad SMARTS) is 1. The number of nitrogens with one attached hydrogen (secondary N) is 1. The van der Waals surface area contributed by atoms with Crippen molar-refractivity contribution in [2.75, 3.05) is 6.54 Å². The summed E-state index contributed by atoms with van der Waals surface area (Å²) in [7, 11) is 0. The van der Waals surface area contributed by atoms with Gasteiger partial charge in [-0.05, 0) is 30.1 Å². The first kappa shape index (κ1) is 8.24. The summed E-state index contributed by atoms with van der Waals surface area (Å²) in [4.78, 5) is 10.6. The molecule has 1 heterocycles. The van der Waals surface area contributed by atoms with Crippen molar-refractivity contribution >= 4 is 23.2 Å². The second kappa shape index (κ2) is 3.51. The Hall–Kier alpha value is -0.860. The number of rotatable bonds is 1. The first-order chi connectivity index (χ1) is 5.25. The van der Waals surface area contributed by atoms with Gasteiger partial charge >= 0.3 is 5.97 Å². The molecule has 0 bridgehead atoms. The highest BCUT2D eigenvalue weighted by atomic mass is 32.1. The van der Waals surface area contributed by atoms with Gasteiger partial charge in [-0.15, -0.1) is 0 Å². The smallest absolute Gasteiger partial charge is 0.313 e. The zero-order valence-corrected chi connectivity index (χ0v) is 6.78. The van der Waals surface area contributed by atoms with Gasteiger partial charge in [0.25, 0.3) is 0 Å². The molecule has 0 saturated carbocycles. The van der Waals surface area contributed by atoms with E-state index in [-0.39, 0.29) is 0 Å². The molecule has 1 aliphatic heterocycles. The Bertz CT molecular complexity index is 220. The van der Waals surface area contributed by atoms with Gasteiger partial charge in [0.1, 0.15) is 5.92 Å². The quantitative estimate of drug-likeness (QED) is 0.566. The molecule has 1 saturated heterocycles. The van der Waals surface area contributed by atoms with Crippen LogP contribution in [0.4, 0.5) is 0 Å². The number of thiocarbonyl (C=S) groups is 1. The van der Waals surface area contributed by atoms with Crippen LogP contribution in [0.3, 0.4) is 0 Å². The molecule has 1 rings (SSSR count). The van der Waals surface area contributed by atoms with Crippen molar-refractivity contribution < 1.29 is 9.90 Å². The van der Waals surface area contributed by atoms with E-state index in [1.807, 2.05) is 0 Å². The zero-order valence-electron chi connectivity index (χ0n) is 5.96. The van der Waals surface area contributed by atoms with Crippen molar-refractivity contribution in [3.8, 4) is 0 Å². The van der Waals surface area contributed by atoms with Crippen LogP contribution >= 0.6 is 12.2 Å². The van der Waals surface area contributed by atoms with Gasteiger partial charge in [-0.1, -0.05) is 0 Å². The molecular weight excluding hydrogens is 162 g/mol. The molecule has 0 aliphatic carbocycles. The molecule has 1 fully saturated rings. The number of aliphatic carboxylic acids is 1. The Morgan fingerprint density at radius 1 is 1.82 bits per heavy atom. The van der Waals surface area contributed by atoms with E-state index in [1.54, 1.807) is 0 Å². The van der Waals surface area contributed by atoms with Gasteiger partial charge in [0.2, 0.25) is 0 Å². The van der Waals surface area contributed by atoms with Crippen LogP contribution in [0.1, 0.15) is 12.8 Å². The number of carbonyl (C=O) groups is 1. The zero-order chi connectivity index (χ0) is 8.27. The Balaban J connectivity index is 2.75. The van der Waals surface area contributed by atoms with E-state index < -0.39 is 11.9 Å². The van der Waals surface area contributed by atoms with Gasteiger partial charge in [-0.25, -0.2) is 0 Å². The molecule has 1 atom stereocenters. The van der Waals surface area contributed by atoms with Crippen LogP contribution in [0.25, 0.3) is 0 Å². The first-order valence-corrected chi connectivity index (χ1v) is 3.88. The third-order valence-electron chi connectivity index (χ3n) is 1.74. The standard InChI is InChI=1S/C7H9NO2S/c9-7(10)5-2-1-3-8-6(5)4-11/h5,8H,1-3H2,(H,9,10). The van der Waals surface area contributed by atoms with Crippen molar-refractivity contribution in [2.24, 2.45) is 5.92 Å². The van der Waals surface area contributed by atoms with Crippen LogP contribution in [-0.2, 0) is 4.79 Å². The van der Waals surface area contributed by atoms with Crippen LogP contribution in [0.2, 0.25) is 0 Å². The van der Waals surface area contributed by atoms with E-state index in [1.165, 1.54) is 0 Å². The van der Waals surface area contributed by atoms with Crippen LogP contribution in [0.15, 0.2) is 5.70 Å². The molecule has 3 nitrogen and oxygen atoms in total. The molecule has 0 aromatic rings. The summed E-state index contributed by atoms with van der Waals surface area (Å²) in [6.45, 7) is 0.808. The highest BCUT2D eigenvalue weighted by molar-refractivity contribution is 7.78. The summed E-state index contributed by atoms with van der Waals surface area (Å²) in [6, 6.07) is 0. The average molecular weight is 171 g/mol. The fourth-order valence-electron chi connectivity index (χ4n) is 1.15. The Kier molecular flexibility index (Phi) is 2.63. The molecule has 1 unspecified atom stereocenters. The number of hydrogen-bond acceptors (Lipinski definition) is 3. The van der Waals surface area contributed by atoms with Crippen molar-refractivity contribution in [2.45, 2.75) is 12.8 Å². The normalized spacial score (nSPS) is 23.6. The summed E-state index contributed by atoms with van der Waals surface area (Å²) in [5.74, 6) is -1.27. The Morgan fingerprint density at radius 3 is 3.00 bits per heavy atom. The lowest BCUT2D eigenvalue weighted by Gasteiger charge is -2.21. The van der Waals surface area contributed by atoms with Gasteiger partial charge in [-0.3, -0.25) is 4.79 Å². The van der Waals surface area contributed by atoms with Crippen LogP contribution in [0, 0.1) is 5.92 Å². The molecule has 0 aromatic heterocycles. The van der Waals surface area contributed by atoms with E-state index >= 15 is 0 Å². The third kappa shape index (κ3) is 1.79. The summed E-state index contributed by atoms with van der Waals surface area (Å²) in [6.07, 6.45) is 1.55. The fraction of sp³-hybridized carbons (Fsp3) is 0.571. The maximum atomic E-state index is 10.6. The van der Waals surface area contributed by atoms with E-state index in [9.17, 15) is 4.79 Å². The van der Waals surface area contributed by atoms with E-state index in [0.29, 0.717) is 12.1 Å². The Labute approximate surface area is 70.1 Å². The van der Waals surface area contributed by atoms with Gasteiger partial charge in [0.15, 0.2) is 0 Å². The van der Waals surface area contributed by atoms with Crippen molar-refractivity contribution in [1.29, 1.82) is 0 Å². The van der Waals surface area contributed by atoms with E-state index in [4.69, 9.17) is 5.11 Å². The van der Waals surface area contributed by atoms with Crippen molar-refractivity contribution in [3.05, 3.63) is 5.70 Å². The maximum Gasteiger partial charge on any atom is 0.313 e. The molecule has 0 spiro atoms. The van der Waals surface area contributed by atoms with Gasteiger partial charge in [0, 0.05) is 6.54 Å². The summed E-state index contributed by atoms with van der Waals surface area (Å²) in [5.41, 5.74) is 0.554. The maximum absolute atomic E-state index is 10.6. The summed E-state index contributed by atoms with van der Waals surface area (Å²) >= 11 is 4.56. The molecular formula is C7H9NO2S. The molecule has 0 radical (unpaired) electrons. The lowest BCUT2D eigenvalue weighted by molar-refractivity contribution is -0.141. The monoisotopic (exact) mass is 171 g/mol. The van der Waals surface area contributed by atoms with Crippen LogP contribution in [0.5, 0.6) is 0 Å². The highest BCUT2D eigenvalue weighted by Crippen LogP contribution is 2.17. The van der Waals surface area contributed by atoms with Crippen LogP contribution < -0.4 is 5.32 Å². The van der Waals surface area contributed by atoms with Gasteiger partial charge < -0.3 is 10.4 Å². The second-order valence-corrected chi connectivity index (χ2v) is 2.68. The molecule has 60 valence electrons. The van der Waals surface area contributed by atoms with Crippen LogP contribution in [-0.4, -0.2) is 22.6 Å². The minimum absolute atomic E-state index is 0.457. The summed E-state index contributed by atoms with van der Waals surface area (Å²) < 4.78 is 0. The molecule has 0 amide bonds. The Morgan fingerprint density at radius 2 is 2.55 bits per heavy atom. The fourth-order valence-corrected chi connectivity index (χ4v) is 1.37. The lowest BCUT2D eigenvalue weighted by atomic mass is 9.97. The van der Waals surface area contributed by atoms with E-state index in [2.05, 4.69) is 22.6 Å². The minimum Gasteiger partial charge on any atom is -0.481 e. The summed E-state index contributed by atoms with van der Waals surface area (Å²) in [5, 5.41) is 14.1. The number of carboxylic acids is 1. The predicted octanol–water partition coefficient (Wildman–Crippen LogP) is 0.553. The minimum atomic E-state index is -0.815. The van der Waals surface area contributed by atoms with Gasteiger partial charge in [0.05, 0.1) is 5.70 Å². The van der Waals surface area contributed by atoms with Gasteiger partial charge in [-0.2, -0.15) is 0 Å². The predicted molar refractivity (Wildman–Crippen MR) is 44.5 cm³/mol. The molecule has 1 aliphatic rings. The van der Waals surface area contributed by atoms with E-state index in [0.717, 1.165) is 13.0 Å². The molecule has 2 N–H and O–H groups in total. The van der Waals surface area contributed by atoms with Crippen molar-refractivity contribution in [1.82, 2.24) is 5.32 Å². The average Bonchev–Trinajstić information content (AvgIpc) is 2.04. The first-order valence-electron chi connectivity index (χ1n) is 3.47.